The lowest BCUT2D eigenvalue weighted by Crippen LogP contribution is -2.47. The van der Waals surface area contributed by atoms with E-state index in [0.717, 1.165) is 25.8 Å². The Kier molecular flexibility index (Phi) is 3.85. The van der Waals surface area contributed by atoms with Crippen LogP contribution in [0, 0.1) is 5.41 Å². The van der Waals surface area contributed by atoms with E-state index in [4.69, 9.17) is 0 Å². The first-order valence-electron chi connectivity index (χ1n) is 7.46. The quantitative estimate of drug-likeness (QED) is 0.813. The van der Waals surface area contributed by atoms with Crippen LogP contribution in [0.1, 0.15) is 32.1 Å². The largest absolute Gasteiger partial charge is 0.356 e. The van der Waals surface area contributed by atoms with E-state index in [-0.39, 0.29) is 17.2 Å². The third-order valence-corrected chi connectivity index (χ3v) is 4.48. The fourth-order valence-corrected chi connectivity index (χ4v) is 3.24. The van der Waals surface area contributed by atoms with Crippen molar-refractivity contribution in [3.05, 3.63) is 6.33 Å². The SMILES string of the molecule is O=C(CCCn1cnnn1)N1CC[C@@]2(CCCNC2=O)C1. The molecule has 1 aromatic heterocycles. The Labute approximate surface area is 122 Å². The summed E-state index contributed by atoms with van der Waals surface area (Å²) in [5, 5.41) is 13.8. The van der Waals surface area contributed by atoms with Gasteiger partial charge in [-0.05, 0) is 36.1 Å². The highest BCUT2D eigenvalue weighted by molar-refractivity contribution is 5.85. The molecule has 21 heavy (non-hydrogen) atoms. The van der Waals surface area contributed by atoms with Crippen LogP contribution in [0.3, 0.4) is 0 Å². The second kappa shape index (κ2) is 5.79. The number of carbonyl (C=O) groups excluding carboxylic acids is 2. The van der Waals surface area contributed by atoms with Crippen LogP contribution in [0.4, 0.5) is 0 Å². The normalized spacial score (nSPS) is 25.3. The monoisotopic (exact) mass is 292 g/mol. The van der Waals surface area contributed by atoms with Crippen molar-refractivity contribution in [2.75, 3.05) is 19.6 Å². The number of amides is 2. The lowest BCUT2D eigenvalue weighted by molar-refractivity contribution is -0.134. The molecule has 0 radical (unpaired) electrons. The Morgan fingerprint density at radius 2 is 2.33 bits per heavy atom. The van der Waals surface area contributed by atoms with Gasteiger partial charge < -0.3 is 10.2 Å². The maximum absolute atomic E-state index is 12.2. The van der Waals surface area contributed by atoms with E-state index in [1.807, 2.05) is 4.90 Å². The number of piperidine rings is 1. The van der Waals surface area contributed by atoms with Gasteiger partial charge in [0.15, 0.2) is 0 Å². The molecule has 1 spiro atoms. The molecule has 2 amide bonds. The summed E-state index contributed by atoms with van der Waals surface area (Å²) in [5.74, 6) is 0.246. The summed E-state index contributed by atoms with van der Waals surface area (Å²) in [6.45, 7) is 2.67. The minimum atomic E-state index is -0.330. The van der Waals surface area contributed by atoms with E-state index in [0.29, 0.717) is 32.5 Å². The Morgan fingerprint density at radius 1 is 1.43 bits per heavy atom. The summed E-state index contributed by atoms with van der Waals surface area (Å²) < 4.78 is 1.62. The molecular weight excluding hydrogens is 272 g/mol. The molecule has 0 bridgehead atoms. The van der Waals surface area contributed by atoms with Gasteiger partial charge >= 0.3 is 0 Å². The molecule has 0 saturated carbocycles. The van der Waals surface area contributed by atoms with Crippen LogP contribution in [0.5, 0.6) is 0 Å². The molecule has 2 aliphatic heterocycles. The third-order valence-electron chi connectivity index (χ3n) is 4.48. The van der Waals surface area contributed by atoms with E-state index in [1.54, 1.807) is 11.0 Å². The fourth-order valence-electron chi connectivity index (χ4n) is 3.24. The number of tetrazole rings is 1. The maximum atomic E-state index is 12.2. The Morgan fingerprint density at radius 3 is 3.10 bits per heavy atom. The van der Waals surface area contributed by atoms with Crippen molar-refractivity contribution in [1.82, 2.24) is 30.4 Å². The second-order valence-corrected chi connectivity index (χ2v) is 5.88. The summed E-state index contributed by atoms with van der Waals surface area (Å²) in [4.78, 5) is 26.2. The molecule has 0 unspecified atom stereocenters. The van der Waals surface area contributed by atoms with Crippen LogP contribution < -0.4 is 5.32 Å². The van der Waals surface area contributed by atoms with Crippen molar-refractivity contribution in [2.45, 2.75) is 38.6 Å². The number of aryl methyl sites for hydroxylation is 1. The number of hydrogen-bond acceptors (Lipinski definition) is 5. The number of nitrogens with one attached hydrogen (secondary N) is 1. The molecule has 8 nitrogen and oxygen atoms in total. The predicted octanol–water partition coefficient (Wildman–Crippen LogP) is -0.418. The Hall–Kier alpha value is -1.99. The van der Waals surface area contributed by atoms with Crippen molar-refractivity contribution < 1.29 is 9.59 Å². The molecule has 2 aliphatic rings. The molecular formula is C13H20N6O2. The number of likely N-dealkylation sites (tertiary alicyclic amines) is 1. The molecule has 1 aromatic rings. The van der Waals surface area contributed by atoms with Gasteiger partial charge in [-0.1, -0.05) is 0 Å². The molecule has 114 valence electrons. The van der Waals surface area contributed by atoms with E-state index in [1.165, 1.54) is 0 Å². The first-order valence-corrected chi connectivity index (χ1v) is 7.46. The van der Waals surface area contributed by atoms with Crippen molar-refractivity contribution in [2.24, 2.45) is 5.41 Å². The van der Waals surface area contributed by atoms with Gasteiger partial charge in [0.25, 0.3) is 0 Å². The second-order valence-electron chi connectivity index (χ2n) is 5.88. The standard InChI is InChI=1S/C13H20N6O2/c20-11(3-1-7-19-10-15-16-17-19)18-8-5-13(9-18)4-2-6-14-12(13)21/h10H,1-9H2,(H,14,21)/t13-/m0/s1. The molecule has 8 heteroatoms. The molecule has 1 N–H and O–H groups in total. The number of carbonyl (C=O) groups is 2. The summed E-state index contributed by atoms with van der Waals surface area (Å²) >= 11 is 0. The van der Waals surface area contributed by atoms with Gasteiger partial charge in [-0.25, -0.2) is 4.68 Å². The van der Waals surface area contributed by atoms with Gasteiger partial charge in [0, 0.05) is 32.6 Å². The van der Waals surface area contributed by atoms with Gasteiger partial charge in [0.1, 0.15) is 6.33 Å². The average molecular weight is 292 g/mol. The zero-order valence-corrected chi connectivity index (χ0v) is 12.0. The molecule has 0 aliphatic carbocycles. The van der Waals surface area contributed by atoms with Crippen LogP contribution in [0.2, 0.25) is 0 Å². The lowest BCUT2D eigenvalue weighted by atomic mass is 9.79. The zero-order chi connectivity index (χ0) is 14.7. The van der Waals surface area contributed by atoms with E-state index >= 15 is 0 Å². The van der Waals surface area contributed by atoms with Crippen molar-refractivity contribution >= 4 is 11.8 Å². The first kappa shape index (κ1) is 14.0. The van der Waals surface area contributed by atoms with Crippen molar-refractivity contribution in [1.29, 1.82) is 0 Å². The molecule has 3 heterocycles. The zero-order valence-electron chi connectivity index (χ0n) is 12.0. The first-order chi connectivity index (χ1) is 10.2. The number of hydrogen-bond donors (Lipinski definition) is 1. The summed E-state index contributed by atoms with van der Waals surface area (Å²) in [6.07, 6.45) is 5.41. The van der Waals surface area contributed by atoms with Crippen molar-refractivity contribution in [3.63, 3.8) is 0 Å². The van der Waals surface area contributed by atoms with Crippen LogP contribution in [-0.4, -0.2) is 56.6 Å². The van der Waals surface area contributed by atoms with E-state index in [2.05, 4.69) is 20.8 Å². The third kappa shape index (κ3) is 2.88. The predicted molar refractivity (Wildman–Crippen MR) is 72.9 cm³/mol. The maximum Gasteiger partial charge on any atom is 0.228 e. The van der Waals surface area contributed by atoms with Gasteiger partial charge in [-0.3, -0.25) is 9.59 Å². The molecule has 2 fully saturated rings. The molecule has 3 rings (SSSR count). The van der Waals surface area contributed by atoms with Crippen LogP contribution >= 0.6 is 0 Å². The van der Waals surface area contributed by atoms with Gasteiger partial charge in [-0.15, -0.1) is 5.10 Å². The Bertz CT molecular complexity index is 517. The molecule has 0 aromatic carbocycles. The van der Waals surface area contributed by atoms with E-state index in [9.17, 15) is 9.59 Å². The average Bonchev–Trinajstić information content (AvgIpc) is 3.13. The highest BCUT2D eigenvalue weighted by Crippen LogP contribution is 2.37. The smallest absolute Gasteiger partial charge is 0.228 e. The fraction of sp³-hybridized carbons (Fsp3) is 0.769. The summed E-state index contributed by atoms with van der Waals surface area (Å²) in [5.41, 5.74) is -0.330. The van der Waals surface area contributed by atoms with Crippen LogP contribution in [0.15, 0.2) is 6.33 Å². The topological polar surface area (TPSA) is 93.0 Å². The van der Waals surface area contributed by atoms with E-state index < -0.39 is 0 Å². The Balaban J connectivity index is 1.49. The van der Waals surface area contributed by atoms with Gasteiger partial charge in [-0.2, -0.15) is 0 Å². The highest BCUT2D eigenvalue weighted by Gasteiger charge is 2.46. The summed E-state index contributed by atoms with van der Waals surface area (Å²) in [7, 11) is 0. The van der Waals surface area contributed by atoms with Gasteiger partial charge in [0.05, 0.1) is 5.41 Å². The number of rotatable bonds is 4. The number of nitrogens with zero attached hydrogens (tertiary/aromatic N) is 5. The molecule has 2 saturated heterocycles. The highest BCUT2D eigenvalue weighted by atomic mass is 16.2. The minimum Gasteiger partial charge on any atom is -0.356 e. The summed E-state index contributed by atoms with van der Waals surface area (Å²) in [6, 6.07) is 0. The molecule has 1 atom stereocenters. The van der Waals surface area contributed by atoms with Crippen molar-refractivity contribution in [3.8, 4) is 0 Å². The lowest BCUT2D eigenvalue weighted by Gasteiger charge is -2.32. The minimum absolute atomic E-state index is 0.123. The van der Waals surface area contributed by atoms with Crippen LogP contribution in [0.25, 0.3) is 0 Å². The van der Waals surface area contributed by atoms with Crippen LogP contribution in [-0.2, 0) is 16.1 Å². The van der Waals surface area contributed by atoms with Gasteiger partial charge in [0.2, 0.25) is 11.8 Å². The number of aromatic nitrogens is 4.